The van der Waals surface area contributed by atoms with Gasteiger partial charge in [0, 0.05) is 0 Å². The normalized spacial score (nSPS) is 16.2. The summed E-state index contributed by atoms with van der Waals surface area (Å²) in [5.41, 5.74) is 5.59. The first kappa shape index (κ1) is 27.6. The fourth-order valence-electron chi connectivity index (χ4n) is 3.86. The van der Waals surface area contributed by atoms with Crippen LogP contribution < -0.4 is 0 Å². The van der Waals surface area contributed by atoms with Crippen molar-refractivity contribution in [2.45, 2.75) is 77.8 Å². The van der Waals surface area contributed by atoms with Crippen LogP contribution in [0.15, 0.2) is 47.9 Å². The van der Waals surface area contributed by atoms with Gasteiger partial charge in [-0.25, -0.2) is 0 Å². The number of hydrogen-bond donors (Lipinski definition) is 6. The largest absolute Gasteiger partial charge is 0.509 e. The molecule has 186 valence electrons. The van der Waals surface area contributed by atoms with E-state index in [2.05, 4.69) is 0 Å². The van der Waals surface area contributed by atoms with E-state index in [4.69, 9.17) is 0 Å². The standard InChI is InChI=1S/C28H38O6/c1-5-17-9-11-21(19(7-3)13-17)15-23(29)25(31)27(33)28(34)26(32)24(30)16-22-12-10-18(6-2)14-20(22)8-4/h9-16,25-34H,5-8H2,1-4H3/t25-,26+,27-,28-/m1/s1. The molecule has 0 radical (unpaired) electrons. The Hall–Kier alpha value is -2.64. The van der Waals surface area contributed by atoms with Gasteiger partial charge in [0.15, 0.2) is 0 Å². The Balaban J connectivity index is 2.21. The van der Waals surface area contributed by atoms with Crippen LogP contribution in [-0.2, 0) is 25.7 Å². The van der Waals surface area contributed by atoms with Crippen molar-refractivity contribution in [3.8, 4) is 0 Å². The molecule has 4 atom stereocenters. The summed E-state index contributed by atoms with van der Waals surface area (Å²) in [5, 5.41) is 62.4. The minimum Gasteiger partial charge on any atom is -0.509 e. The van der Waals surface area contributed by atoms with Gasteiger partial charge < -0.3 is 30.6 Å². The van der Waals surface area contributed by atoms with E-state index in [9.17, 15) is 30.6 Å². The van der Waals surface area contributed by atoms with Crippen molar-refractivity contribution < 1.29 is 30.6 Å². The Labute approximate surface area is 202 Å². The van der Waals surface area contributed by atoms with Gasteiger partial charge in [-0.1, -0.05) is 64.1 Å². The molecule has 2 aromatic carbocycles. The van der Waals surface area contributed by atoms with Crippen LogP contribution in [0.2, 0.25) is 0 Å². The lowest BCUT2D eigenvalue weighted by atomic mass is 9.95. The van der Waals surface area contributed by atoms with Crippen molar-refractivity contribution >= 4 is 12.2 Å². The SMILES string of the molecule is CCc1ccc(C=C(O)[C@@H](O)[C@@H](O)[C@H](O)[C@@H](O)C(O)=Cc2ccc(CC)cc2CC)c(CC)c1. The first-order valence-corrected chi connectivity index (χ1v) is 11.9. The number of benzene rings is 2. The third kappa shape index (κ3) is 6.70. The maximum atomic E-state index is 10.4. The third-order valence-corrected chi connectivity index (χ3v) is 6.20. The molecule has 6 nitrogen and oxygen atoms in total. The molecule has 0 bridgehead atoms. The first-order valence-electron chi connectivity index (χ1n) is 11.9. The van der Waals surface area contributed by atoms with E-state index in [0.717, 1.165) is 35.1 Å². The highest BCUT2D eigenvalue weighted by molar-refractivity contribution is 5.58. The van der Waals surface area contributed by atoms with Gasteiger partial charge in [-0.05, 0) is 71.2 Å². The van der Waals surface area contributed by atoms with Gasteiger partial charge in [0.2, 0.25) is 0 Å². The summed E-state index contributed by atoms with van der Waals surface area (Å²) in [6.45, 7) is 8.04. The molecule has 0 heterocycles. The second-order valence-corrected chi connectivity index (χ2v) is 8.49. The fourth-order valence-corrected chi connectivity index (χ4v) is 3.86. The van der Waals surface area contributed by atoms with Gasteiger partial charge in [-0.15, -0.1) is 0 Å². The molecule has 0 amide bonds. The van der Waals surface area contributed by atoms with E-state index >= 15 is 0 Å². The maximum absolute atomic E-state index is 10.4. The molecule has 0 saturated heterocycles. The zero-order valence-corrected chi connectivity index (χ0v) is 20.4. The van der Waals surface area contributed by atoms with Crippen molar-refractivity contribution in [1.29, 1.82) is 0 Å². The van der Waals surface area contributed by atoms with E-state index in [1.54, 1.807) is 0 Å². The smallest absolute Gasteiger partial charge is 0.139 e. The zero-order chi connectivity index (χ0) is 25.4. The van der Waals surface area contributed by atoms with Crippen LogP contribution >= 0.6 is 0 Å². The Morgan fingerprint density at radius 2 is 0.971 bits per heavy atom. The number of aryl methyl sites for hydroxylation is 4. The van der Waals surface area contributed by atoms with Crippen LogP contribution in [0.25, 0.3) is 12.2 Å². The Bertz CT molecular complexity index is 928. The summed E-state index contributed by atoms with van der Waals surface area (Å²) in [5.74, 6) is -1.10. The minimum absolute atomic E-state index is 0.551. The lowest BCUT2D eigenvalue weighted by molar-refractivity contribution is -0.0996. The number of hydrogen-bond acceptors (Lipinski definition) is 6. The predicted octanol–water partition coefficient (Wildman–Crippen LogP) is 3.88. The molecule has 0 spiro atoms. The monoisotopic (exact) mass is 470 g/mol. The average Bonchev–Trinajstić information content (AvgIpc) is 2.86. The highest BCUT2D eigenvalue weighted by Gasteiger charge is 2.34. The predicted molar refractivity (Wildman–Crippen MR) is 136 cm³/mol. The Morgan fingerprint density at radius 3 is 1.26 bits per heavy atom. The molecule has 2 aromatic rings. The van der Waals surface area contributed by atoms with Gasteiger partial charge in [-0.2, -0.15) is 0 Å². The summed E-state index contributed by atoms with van der Waals surface area (Å²) in [6, 6.07) is 11.5. The van der Waals surface area contributed by atoms with E-state index < -0.39 is 35.9 Å². The highest BCUT2D eigenvalue weighted by Crippen LogP contribution is 2.22. The van der Waals surface area contributed by atoms with E-state index in [1.807, 2.05) is 64.1 Å². The molecule has 0 fully saturated rings. The summed E-state index contributed by atoms with van der Waals surface area (Å²) >= 11 is 0. The molecule has 0 unspecified atom stereocenters. The van der Waals surface area contributed by atoms with Crippen LogP contribution in [-0.4, -0.2) is 55.1 Å². The molecule has 6 N–H and O–H groups in total. The molecule has 6 heteroatoms. The van der Waals surface area contributed by atoms with Crippen LogP contribution in [0.5, 0.6) is 0 Å². The maximum Gasteiger partial charge on any atom is 0.139 e. The molecule has 2 rings (SSSR count). The molecule has 0 aliphatic heterocycles. The highest BCUT2D eigenvalue weighted by atomic mass is 16.4. The van der Waals surface area contributed by atoms with E-state index in [-0.39, 0.29) is 0 Å². The summed E-state index contributed by atoms with van der Waals surface area (Å²) in [4.78, 5) is 0. The molecule has 0 aliphatic rings. The third-order valence-electron chi connectivity index (χ3n) is 6.20. The quantitative estimate of drug-likeness (QED) is 0.277. The van der Waals surface area contributed by atoms with Gasteiger partial charge in [0.25, 0.3) is 0 Å². The topological polar surface area (TPSA) is 121 Å². The van der Waals surface area contributed by atoms with E-state index in [0.29, 0.717) is 24.0 Å². The van der Waals surface area contributed by atoms with Crippen LogP contribution in [0.4, 0.5) is 0 Å². The fraction of sp³-hybridized carbons (Fsp3) is 0.429. The summed E-state index contributed by atoms with van der Waals surface area (Å²) in [7, 11) is 0. The second-order valence-electron chi connectivity index (χ2n) is 8.49. The van der Waals surface area contributed by atoms with Gasteiger partial charge in [-0.3, -0.25) is 0 Å². The lowest BCUT2D eigenvalue weighted by Crippen LogP contribution is -2.45. The van der Waals surface area contributed by atoms with Crippen LogP contribution in [0.3, 0.4) is 0 Å². The van der Waals surface area contributed by atoms with E-state index in [1.165, 1.54) is 12.2 Å². The second kappa shape index (κ2) is 12.7. The van der Waals surface area contributed by atoms with Crippen molar-refractivity contribution in [1.82, 2.24) is 0 Å². The van der Waals surface area contributed by atoms with Crippen molar-refractivity contribution in [3.63, 3.8) is 0 Å². The molecular formula is C28H38O6. The number of rotatable bonds is 11. The zero-order valence-electron chi connectivity index (χ0n) is 20.4. The molecule has 0 aromatic heterocycles. The molecule has 0 saturated carbocycles. The average molecular weight is 471 g/mol. The Kier molecular flexibility index (Phi) is 10.3. The van der Waals surface area contributed by atoms with Gasteiger partial charge in [0.05, 0.1) is 0 Å². The molecular weight excluding hydrogens is 432 g/mol. The Morgan fingerprint density at radius 1 is 0.618 bits per heavy atom. The lowest BCUT2D eigenvalue weighted by Gasteiger charge is -2.26. The summed E-state index contributed by atoms with van der Waals surface area (Å²) in [6.07, 6.45) is -1.75. The van der Waals surface area contributed by atoms with Gasteiger partial charge in [0.1, 0.15) is 35.9 Å². The number of aliphatic hydroxyl groups is 6. The summed E-state index contributed by atoms with van der Waals surface area (Å²) < 4.78 is 0. The first-order chi connectivity index (χ1) is 16.2. The van der Waals surface area contributed by atoms with Gasteiger partial charge >= 0.3 is 0 Å². The van der Waals surface area contributed by atoms with Crippen molar-refractivity contribution in [2.24, 2.45) is 0 Å². The number of aliphatic hydroxyl groups excluding tert-OH is 6. The van der Waals surface area contributed by atoms with Crippen LogP contribution in [0.1, 0.15) is 61.1 Å². The minimum atomic E-state index is -1.94. The van der Waals surface area contributed by atoms with Crippen molar-refractivity contribution in [3.05, 3.63) is 81.3 Å². The molecule has 0 aliphatic carbocycles. The van der Waals surface area contributed by atoms with Crippen LogP contribution in [0, 0.1) is 0 Å². The molecule has 34 heavy (non-hydrogen) atoms. The van der Waals surface area contributed by atoms with Crippen molar-refractivity contribution in [2.75, 3.05) is 0 Å².